The second-order valence-corrected chi connectivity index (χ2v) is 7.52. The molecular weight excluding hydrogens is 450 g/mol. The van der Waals surface area contributed by atoms with E-state index in [-0.39, 0.29) is 6.61 Å². The van der Waals surface area contributed by atoms with Gasteiger partial charge in [0.25, 0.3) is 0 Å². The van der Waals surface area contributed by atoms with Gasteiger partial charge in [-0.1, -0.05) is 35.5 Å². The lowest BCUT2D eigenvalue weighted by atomic mass is 9.97. The summed E-state index contributed by atoms with van der Waals surface area (Å²) in [4.78, 5) is 47.3. The molecule has 0 aliphatic carbocycles. The van der Waals surface area contributed by atoms with Crippen molar-refractivity contribution < 1.29 is 42.9 Å². The zero-order valence-electron chi connectivity index (χ0n) is 19.1. The lowest BCUT2D eigenvalue weighted by Gasteiger charge is -2.44. The quantitative estimate of drug-likeness (QED) is 0.420. The van der Waals surface area contributed by atoms with Gasteiger partial charge in [0, 0.05) is 33.3 Å². The van der Waals surface area contributed by atoms with E-state index in [0.717, 1.165) is 19.4 Å². The maximum absolute atomic E-state index is 12.0. The third-order valence-electron chi connectivity index (χ3n) is 4.85. The molecule has 1 aromatic heterocycles. The Morgan fingerprint density at radius 2 is 1.44 bits per heavy atom. The Kier molecular flexibility index (Phi) is 7.95. The van der Waals surface area contributed by atoms with Crippen LogP contribution in [0.25, 0.3) is 11.3 Å². The van der Waals surface area contributed by atoms with E-state index in [9.17, 15) is 19.2 Å². The van der Waals surface area contributed by atoms with E-state index in [1.54, 1.807) is 0 Å². The normalized spacial score (nSPS) is 24.1. The van der Waals surface area contributed by atoms with E-state index in [2.05, 4.69) is 10.3 Å². The molecule has 0 saturated carbocycles. The Morgan fingerprint density at radius 1 is 0.853 bits per heavy atom. The first-order valence-electron chi connectivity index (χ1n) is 10.4. The molecule has 182 valence electrons. The van der Waals surface area contributed by atoms with Crippen molar-refractivity contribution in [3.63, 3.8) is 0 Å². The average molecular weight is 475 g/mol. The minimum atomic E-state index is -1.29. The summed E-state index contributed by atoms with van der Waals surface area (Å²) in [6, 6.07) is 9.12. The fraction of sp³-hybridized carbons (Fsp3) is 0.455. The molecule has 0 bridgehead atoms. The molecular formula is C22H25N3O9. The third-order valence-corrected chi connectivity index (χ3v) is 4.85. The molecule has 12 nitrogen and oxygen atoms in total. The minimum Gasteiger partial charge on any atom is -0.463 e. The van der Waals surface area contributed by atoms with Gasteiger partial charge in [-0.05, 0) is 0 Å². The number of ether oxygens (including phenoxy) is 5. The molecule has 1 aromatic carbocycles. The van der Waals surface area contributed by atoms with E-state index < -0.39 is 54.5 Å². The van der Waals surface area contributed by atoms with Gasteiger partial charge in [0.2, 0.25) is 0 Å². The van der Waals surface area contributed by atoms with Crippen molar-refractivity contribution in [1.29, 1.82) is 0 Å². The van der Waals surface area contributed by atoms with Crippen molar-refractivity contribution in [2.75, 3.05) is 6.61 Å². The summed E-state index contributed by atoms with van der Waals surface area (Å²) < 4.78 is 28.9. The molecule has 1 aliphatic rings. The van der Waals surface area contributed by atoms with E-state index in [4.69, 9.17) is 23.7 Å². The lowest BCUT2D eigenvalue weighted by molar-refractivity contribution is -0.270. The van der Waals surface area contributed by atoms with Crippen molar-refractivity contribution in [3.8, 4) is 11.3 Å². The summed E-state index contributed by atoms with van der Waals surface area (Å²) in [6.45, 7) is 4.37. The first kappa shape index (κ1) is 24.8. The monoisotopic (exact) mass is 475 g/mol. The molecule has 1 fully saturated rings. The van der Waals surface area contributed by atoms with Crippen molar-refractivity contribution in [2.24, 2.45) is 0 Å². The topological polar surface area (TPSA) is 145 Å². The van der Waals surface area contributed by atoms with Crippen LogP contribution < -0.4 is 0 Å². The molecule has 0 unspecified atom stereocenters. The van der Waals surface area contributed by atoms with Crippen molar-refractivity contribution in [1.82, 2.24) is 15.0 Å². The smallest absolute Gasteiger partial charge is 0.303 e. The first-order valence-corrected chi connectivity index (χ1v) is 10.4. The largest absolute Gasteiger partial charge is 0.463 e. The zero-order valence-corrected chi connectivity index (χ0v) is 19.1. The highest BCUT2D eigenvalue weighted by molar-refractivity contribution is 5.69. The summed E-state index contributed by atoms with van der Waals surface area (Å²) in [6.07, 6.45) is -4.57. The van der Waals surface area contributed by atoms with E-state index >= 15 is 0 Å². The van der Waals surface area contributed by atoms with Crippen LogP contribution in [0.1, 0.15) is 33.9 Å². The fourth-order valence-electron chi connectivity index (χ4n) is 3.65. The number of nitrogens with zero attached hydrogens (tertiary/aromatic N) is 3. The van der Waals surface area contributed by atoms with E-state index in [1.807, 2.05) is 30.3 Å². The number of benzene rings is 1. The Balaban J connectivity index is 2.10. The van der Waals surface area contributed by atoms with Crippen LogP contribution in [0.4, 0.5) is 0 Å². The predicted octanol–water partition coefficient (Wildman–Crippen LogP) is 1.20. The second-order valence-electron chi connectivity index (χ2n) is 7.52. The van der Waals surface area contributed by atoms with Crippen LogP contribution in [0.5, 0.6) is 0 Å². The van der Waals surface area contributed by atoms with Gasteiger partial charge in [0.05, 0.1) is 11.9 Å². The lowest BCUT2D eigenvalue weighted by Crippen LogP contribution is -2.60. The molecule has 12 heteroatoms. The molecule has 0 spiro atoms. The van der Waals surface area contributed by atoms with Gasteiger partial charge < -0.3 is 23.7 Å². The van der Waals surface area contributed by atoms with Crippen molar-refractivity contribution in [2.45, 2.75) is 58.3 Å². The Bertz CT molecular complexity index is 1040. The molecule has 2 aromatic rings. The van der Waals surface area contributed by atoms with E-state index in [1.165, 1.54) is 24.7 Å². The number of hydrogen-bond acceptors (Lipinski definition) is 11. The Labute approximate surface area is 195 Å². The van der Waals surface area contributed by atoms with Gasteiger partial charge in [-0.2, -0.15) is 0 Å². The molecule has 34 heavy (non-hydrogen) atoms. The van der Waals surface area contributed by atoms with Gasteiger partial charge in [0.1, 0.15) is 12.7 Å². The molecule has 1 saturated heterocycles. The third kappa shape index (κ3) is 5.95. The summed E-state index contributed by atoms with van der Waals surface area (Å²) in [5.41, 5.74) is 1.25. The summed E-state index contributed by atoms with van der Waals surface area (Å²) in [7, 11) is 0. The zero-order chi connectivity index (χ0) is 24.8. The van der Waals surface area contributed by atoms with E-state index in [0.29, 0.717) is 5.69 Å². The van der Waals surface area contributed by atoms with Crippen molar-refractivity contribution >= 4 is 23.9 Å². The predicted molar refractivity (Wildman–Crippen MR) is 113 cm³/mol. The first-order chi connectivity index (χ1) is 16.2. The van der Waals surface area contributed by atoms with Crippen LogP contribution in [0, 0.1) is 0 Å². The molecule has 5 atom stereocenters. The SMILES string of the molecule is CC(=O)OC[C@H]1O[C@@H](n2nncc2-c2ccccc2)[C@H](OC(C)=O)[C@@H](OC(C)=O)[C@H]1OC(C)=O. The fourth-order valence-corrected chi connectivity index (χ4v) is 3.65. The highest BCUT2D eigenvalue weighted by Crippen LogP contribution is 2.36. The van der Waals surface area contributed by atoms with Crippen LogP contribution in [0.3, 0.4) is 0 Å². The maximum Gasteiger partial charge on any atom is 0.303 e. The van der Waals surface area contributed by atoms with Crippen LogP contribution in [0.2, 0.25) is 0 Å². The number of carbonyl (C=O) groups excluding carboxylic acids is 4. The Hall–Kier alpha value is -3.80. The second kappa shape index (κ2) is 10.9. The van der Waals surface area contributed by atoms with Crippen LogP contribution in [-0.2, 0) is 42.9 Å². The average Bonchev–Trinajstić information content (AvgIpc) is 3.24. The highest BCUT2D eigenvalue weighted by Gasteiger charge is 2.53. The van der Waals surface area contributed by atoms with Crippen LogP contribution in [0.15, 0.2) is 36.5 Å². The number of rotatable bonds is 7. The van der Waals surface area contributed by atoms with Gasteiger partial charge >= 0.3 is 23.9 Å². The highest BCUT2D eigenvalue weighted by atomic mass is 16.7. The maximum atomic E-state index is 12.0. The molecule has 0 amide bonds. The number of esters is 4. The van der Waals surface area contributed by atoms with Gasteiger partial charge in [-0.25, -0.2) is 4.68 Å². The van der Waals surface area contributed by atoms with Gasteiger partial charge in [-0.3, -0.25) is 19.2 Å². The minimum absolute atomic E-state index is 0.330. The number of carbonyl (C=O) groups is 4. The summed E-state index contributed by atoms with van der Waals surface area (Å²) >= 11 is 0. The van der Waals surface area contributed by atoms with Gasteiger partial charge in [-0.15, -0.1) is 5.10 Å². The molecule has 0 N–H and O–H groups in total. The summed E-state index contributed by atoms with van der Waals surface area (Å²) in [5.74, 6) is -2.71. The van der Waals surface area contributed by atoms with Gasteiger partial charge in [0.15, 0.2) is 24.5 Å². The molecule has 0 radical (unpaired) electrons. The van der Waals surface area contributed by atoms with Crippen molar-refractivity contribution in [3.05, 3.63) is 36.5 Å². The van der Waals surface area contributed by atoms with Crippen LogP contribution in [-0.4, -0.2) is 69.9 Å². The van der Waals surface area contributed by atoms with Crippen LogP contribution >= 0.6 is 0 Å². The summed E-state index contributed by atoms with van der Waals surface area (Å²) in [5, 5.41) is 8.05. The molecule has 1 aliphatic heterocycles. The molecule has 3 rings (SSSR count). The molecule has 2 heterocycles. The Morgan fingerprint density at radius 3 is 2.03 bits per heavy atom. The standard InChI is InChI=1S/C22H25N3O9/c1-12(26)30-11-18-19(31-13(2)27)20(32-14(3)28)21(33-15(4)29)22(34-18)25-17(10-23-24-25)16-8-6-5-7-9-16/h5-10,18-22H,11H2,1-4H3/t18-,19+,20+,21-,22-/m1/s1. The number of hydrogen-bond donors (Lipinski definition) is 0. The number of aromatic nitrogens is 3.